The molecule has 0 aliphatic heterocycles. The molecule has 0 radical (unpaired) electrons. The first-order chi connectivity index (χ1) is 7.44. The predicted molar refractivity (Wildman–Crippen MR) is 74.8 cm³/mol. The number of rotatable bonds is 8. The van der Waals surface area contributed by atoms with Crippen molar-refractivity contribution in [2.45, 2.75) is 79.7 Å². The quantitative estimate of drug-likeness (QED) is 0.638. The first kappa shape index (κ1) is 16.0. The molecule has 98 valence electrons. The maximum absolute atomic E-state index is 3.74. The monoisotopic (exact) mass is 227 g/mol. The molecular formula is C15H33N. The van der Waals surface area contributed by atoms with Gasteiger partial charge in [-0.15, -0.1) is 0 Å². The Morgan fingerprint density at radius 3 is 1.94 bits per heavy atom. The van der Waals surface area contributed by atoms with Crippen LogP contribution in [0.1, 0.15) is 73.6 Å². The van der Waals surface area contributed by atoms with Crippen LogP contribution in [0.2, 0.25) is 0 Å². The van der Waals surface area contributed by atoms with Crippen LogP contribution in [0.25, 0.3) is 0 Å². The van der Waals surface area contributed by atoms with Gasteiger partial charge in [-0.25, -0.2) is 0 Å². The second kappa shape index (κ2) is 8.11. The van der Waals surface area contributed by atoms with Crippen molar-refractivity contribution in [1.82, 2.24) is 5.32 Å². The molecular weight excluding hydrogens is 194 g/mol. The highest BCUT2D eigenvalue weighted by atomic mass is 14.9. The summed E-state index contributed by atoms with van der Waals surface area (Å²) in [7, 11) is 0. The Morgan fingerprint density at radius 1 is 1.00 bits per heavy atom. The van der Waals surface area contributed by atoms with Crippen LogP contribution in [-0.4, -0.2) is 12.6 Å². The van der Waals surface area contributed by atoms with E-state index in [0.717, 1.165) is 12.0 Å². The summed E-state index contributed by atoms with van der Waals surface area (Å²) in [4.78, 5) is 0. The van der Waals surface area contributed by atoms with E-state index in [9.17, 15) is 0 Å². The fourth-order valence-electron chi connectivity index (χ4n) is 2.28. The van der Waals surface area contributed by atoms with Crippen molar-refractivity contribution in [1.29, 1.82) is 0 Å². The summed E-state index contributed by atoms with van der Waals surface area (Å²) in [5, 5.41) is 3.74. The van der Waals surface area contributed by atoms with Gasteiger partial charge in [-0.1, -0.05) is 54.4 Å². The van der Waals surface area contributed by atoms with Gasteiger partial charge >= 0.3 is 0 Å². The van der Waals surface area contributed by atoms with Crippen LogP contribution in [0.15, 0.2) is 0 Å². The lowest BCUT2D eigenvalue weighted by Crippen LogP contribution is -2.37. The van der Waals surface area contributed by atoms with E-state index in [1.165, 1.54) is 38.6 Å². The highest BCUT2D eigenvalue weighted by Crippen LogP contribution is 2.25. The Morgan fingerprint density at radius 2 is 1.56 bits per heavy atom. The second-order valence-electron chi connectivity index (χ2n) is 6.24. The topological polar surface area (TPSA) is 12.0 Å². The fourth-order valence-corrected chi connectivity index (χ4v) is 2.28. The third-order valence-corrected chi connectivity index (χ3v) is 3.48. The van der Waals surface area contributed by atoms with Gasteiger partial charge in [0.25, 0.3) is 0 Å². The lowest BCUT2D eigenvalue weighted by atomic mass is 9.83. The zero-order valence-corrected chi connectivity index (χ0v) is 12.4. The minimum atomic E-state index is 0.470. The van der Waals surface area contributed by atoms with E-state index in [2.05, 4.69) is 46.9 Å². The maximum Gasteiger partial charge on any atom is 0.00953 e. The Hall–Kier alpha value is -0.0400. The smallest absolute Gasteiger partial charge is 0.00953 e. The average Bonchev–Trinajstić information content (AvgIpc) is 2.21. The maximum atomic E-state index is 3.74. The summed E-state index contributed by atoms with van der Waals surface area (Å²) in [5.74, 6) is 0.855. The van der Waals surface area contributed by atoms with Gasteiger partial charge in [0.1, 0.15) is 0 Å². The minimum absolute atomic E-state index is 0.470. The minimum Gasteiger partial charge on any atom is -0.314 e. The Kier molecular flexibility index (Phi) is 8.09. The van der Waals surface area contributed by atoms with Crippen LogP contribution in [0.3, 0.4) is 0 Å². The molecule has 0 heterocycles. The molecule has 0 aliphatic carbocycles. The molecule has 1 heteroatoms. The summed E-state index contributed by atoms with van der Waals surface area (Å²) in [5.41, 5.74) is 0.470. The van der Waals surface area contributed by atoms with E-state index >= 15 is 0 Å². The van der Waals surface area contributed by atoms with Crippen molar-refractivity contribution in [2.75, 3.05) is 6.54 Å². The van der Waals surface area contributed by atoms with Crippen LogP contribution in [0.5, 0.6) is 0 Å². The molecule has 0 saturated heterocycles. The van der Waals surface area contributed by atoms with Crippen molar-refractivity contribution in [3.63, 3.8) is 0 Å². The van der Waals surface area contributed by atoms with E-state index in [4.69, 9.17) is 0 Å². The van der Waals surface area contributed by atoms with Gasteiger partial charge < -0.3 is 5.32 Å². The van der Waals surface area contributed by atoms with Gasteiger partial charge in [0, 0.05) is 6.04 Å². The largest absolute Gasteiger partial charge is 0.314 e. The third kappa shape index (κ3) is 7.27. The molecule has 0 spiro atoms. The van der Waals surface area contributed by atoms with Gasteiger partial charge in [0.2, 0.25) is 0 Å². The summed E-state index contributed by atoms with van der Waals surface area (Å²) in [6, 6.07) is 0.731. The normalized spacial score (nSPS) is 14.4. The highest BCUT2D eigenvalue weighted by Gasteiger charge is 2.20. The van der Waals surface area contributed by atoms with Gasteiger partial charge in [-0.2, -0.15) is 0 Å². The molecule has 0 fully saturated rings. The summed E-state index contributed by atoms with van der Waals surface area (Å²) in [6.07, 6.45) is 6.51. The highest BCUT2D eigenvalue weighted by molar-refractivity contribution is 4.77. The molecule has 1 atom stereocenters. The molecule has 0 saturated carbocycles. The lowest BCUT2D eigenvalue weighted by molar-refractivity contribution is 0.267. The molecule has 0 rings (SSSR count). The van der Waals surface area contributed by atoms with Gasteiger partial charge in [0.05, 0.1) is 0 Å². The van der Waals surface area contributed by atoms with Gasteiger partial charge in [-0.05, 0) is 37.1 Å². The lowest BCUT2D eigenvalue weighted by Gasteiger charge is -2.29. The van der Waals surface area contributed by atoms with E-state index in [1.54, 1.807) is 0 Å². The molecule has 1 N–H and O–H groups in total. The average molecular weight is 227 g/mol. The van der Waals surface area contributed by atoms with Crippen LogP contribution in [0, 0.1) is 11.3 Å². The summed E-state index contributed by atoms with van der Waals surface area (Å²) < 4.78 is 0. The summed E-state index contributed by atoms with van der Waals surface area (Å²) in [6.45, 7) is 15.1. The van der Waals surface area contributed by atoms with Gasteiger partial charge in [-0.3, -0.25) is 0 Å². The molecule has 1 unspecified atom stereocenters. The molecule has 0 aromatic rings. The number of hydrogen-bond acceptors (Lipinski definition) is 1. The number of hydrogen-bond donors (Lipinski definition) is 1. The predicted octanol–water partition coefficient (Wildman–Crippen LogP) is 4.62. The van der Waals surface area contributed by atoms with Gasteiger partial charge in [0.15, 0.2) is 0 Å². The first-order valence-corrected chi connectivity index (χ1v) is 7.18. The van der Waals surface area contributed by atoms with Crippen molar-refractivity contribution in [2.24, 2.45) is 11.3 Å². The first-order valence-electron chi connectivity index (χ1n) is 7.18. The molecule has 0 bridgehead atoms. The van der Waals surface area contributed by atoms with Crippen LogP contribution in [-0.2, 0) is 0 Å². The van der Waals surface area contributed by atoms with Crippen molar-refractivity contribution in [3.05, 3.63) is 0 Å². The Labute approximate surface area is 103 Å². The van der Waals surface area contributed by atoms with Crippen LogP contribution in [0.4, 0.5) is 0 Å². The third-order valence-electron chi connectivity index (χ3n) is 3.48. The molecule has 16 heavy (non-hydrogen) atoms. The molecule has 0 aromatic carbocycles. The Bertz CT molecular complexity index is 153. The van der Waals surface area contributed by atoms with Crippen molar-refractivity contribution in [3.8, 4) is 0 Å². The van der Waals surface area contributed by atoms with E-state index < -0.39 is 0 Å². The van der Waals surface area contributed by atoms with Crippen molar-refractivity contribution < 1.29 is 0 Å². The second-order valence-corrected chi connectivity index (χ2v) is 6.24. The Balaban J connectivity index is 4.18. The zero-order chi connectivity index (χ0) is 12.6. The standard InChI is InChI=1S/C15H33N/c1-7-12-16-14(13(8-2)9-3)10-11-15(4,5)6/h13-14,16H,7-12H2,1-6H3. The molecule has 0 amide bonds. The SMILES string of the molecule is CCCNC(CCC(C)(C)C)C(CC)CC. The molecule has 0 aromatic heterocycles. The molecule has 0 aliphatic rings. The van der Waals surface area contributed by atoms with E-state index in [1.807, 2.05) is 0 Å². The molecule has 1 nitrogen and oxygen atoms in total. The van der Waals surface area contributed by atoms with E-state index in [0.29, 0.717) is 5.41 Å². The van der Waals surface area contributed by atoms with Crippen LogP contribution >= 0.6 is 0 Å². The van der Waals surface area contributed by atoms with Crippen molar-refractivity contribution >= 4 is 0 Å². The number of nitrogens with one attached hydrogen (secondary N) is 1. The van der Waals surface area contributed by atoms with Crippen LogP contribution < -0.4 is 5.32 Å². The van der Waals surface area contributed by atoms with E-state index in [-0.39, 0.29) is 0 Å². The summed E-state index contributed by atoms with van der Waals surface area (Å²) >= 11 is 0. The fraction of sp³-hybridized carbons (Fsp3) is 1.00. The zero-order valence-electron chi connectivity index (χ0n) is 12.4.